The van der Waals surface area contributed by atoms with E-state index in [2.05, 4.69) is 136 Å². The standard InChI is InChI=1S/C36H30N2O/c1-36(2,3)25-21-22-30(29(23-25)24-13-6-5-7-14-24)38-32-19-10-9-18-31(32)37(4)35(38)28-17-12-16-27-26-15-8-11-20-33(26)39-34(27)28/h5-23H,4H2,1-3H3. The number of benzene rings is 5. The van der Waals surface area contributed by atoms with Crippen molar-refractivity contribution in [1.82, 2.24) is 0 Å². The molecular formula is C36H30N2O. The number of hydrogen-bond acceptors (Lipinski definition) is 1. The summed E-state index contributed by atoms with van der Waals surface area (Å²) in [4.78, 5) is 2.35. The Morgan fingerprint density at radius 2 is 1.54 bits per heavy atom. The van der Waals surface area contributed by atoms with Crippen LogP contribution in [0.5, 0.6) is 0 Å². The molecule has 0 spiro atoms. The summed E-state index contributed by atoms with van der Waals surface area (Å²) < 4.78 is 8.55. The maximum absolute atomic E-state index is 6.50. The summed E-state index contributed by atoms with van der Waals surface area (Å²) in [6.07, 6.45) is 0.974. The van der Waals surface area contributed by atoms with Crippen molar-refractivity contribution < 1.29 is 8.99 Å². The van der Waals surface area contributed by atoms with Crippen LogP contribution in [0, 0.1) is 6.17 Å². The summed E-state index contributed by atoms with van der Waals surface area (Å²) in [5.41, 5.74) is 9.70. The van der Waals surface area contributed by atoms with Gasteiger partial charge in [-0.25, -0.2) is 4.58 Å². The lowest BCUT2D eigenvalue weighted by Gasteiger charge is -2.29. The van der Waals surface area contributed by atoms with E-state index in [4.69, 9.17) is 4.42 Å². The minimum atomic E-state index is 0.0235. The summed E-state index contributed by atoms with van der Waals surface area (Å²) >= 11 is 0. The Labute approximate surface area is 229 Å². The second-order valence-corrected chi connectivity index (χ2v) is 11.2. The molecule has 0 atom stereocenters. The molecule has 7 rings (SSSR count). The predicted octanol–water partition coefficient (Wildman–Crippen LogP) is 9.58. The van der Waals surface area contributed by atoms with Gasteiger partial charge in [0.25, 0.3) is 11.2 Å². The van der Waals surface area contributed by atoms with Gasteiger partial charge in [0.05, 0.1) is 23.7 Å². The molecule has 3 heteroatoms. The van der Waals surface area contributed by atoms with Gasteiger partial charge in [0.2, 0.25) is 6.17 Å². The Hall–Kier alpha value is -4.76. The number of anilines is 2. The van der Waals surface area contributed by atoms with Gasteiger partial charge in [0.1, 0.15) is 0 Å². The molecule has 3 nitrogen and oxygen atoms in total. The number of fused-ring (bicyclic) bond motifs is 4. The molecule has 0 aliphatic carbocycles. The number of nitrogens with zero attached hydrogens (tertiary/aromatic N) is 2. The Morgan fingerprint density at radius 1 is 0.769 bits per heavy atom. The van der Waals surface area contributed by atoms with Crippen molar-refractivity contribution in [3.05, 3.63) is 133 Å². The number of rotatable bonds is 3. The normalized spacial score (nSPS) is 13.5. The van der Waals surface area contributed by atoms with E-state index in [0.29, 0.717) is 0 Å². The number of furan rings is 1. The molecule has 1 aliphatic rings. The van der Waals surface area contributed by atoms with Gasteiger partial charge in [-0.2, -0.15) is 0 Å². The molecule has 0 bridgehead atoms. The summed E-state index contributed by atoms with van der Waals surface area (Å²) in [5.74, 6) is 0. The van der Waals surface area contributed by atoms with E-state index in [1.54, 1.807) is 0 Å². The highest BCUT2D eigenvalue weighted by molar-refractivity contribution is 6.06. The minimum Gasteiger partial charge on any atom is -0.290 e. The van der Waals surface area contributed by atoms with Crippen LogP contribution in [0.3, 0.4) is 0 Å². The van der Waals surface area contributed by atoms with Crippen molar-refractivity contribution in [2.45, 2.75) is 26.2 Å². The zero-order valence-electron chi connectivity index (χ0n) is 22.5. The maximum atomic E-state index is 6.50. The van der Waals surface area contributed by atoms with Gasteiger partial charge in [-0.05, 0) is 57.6 Å². The van der Waals surface area contributed by atoms with Crippen LogP contribution in [0.4, 0.5) is 17.1 Å². The molecule has 190 valence electrons. The van der Waals surface area contributed by atoms with Gasteiger partial charge < -0.3 is 0 Å². The van der Waals surface area contributed by atoms with Crippen molar-refractivity contribution in [2.24, 2.45) is 0 Å². The lowest BCUT2D eigenvalue weighted by Crippen LogP contribution is -2.26. The van der Waals surface area contributed by atoms with Gasteiger partial charge >= 0.3 is 0 Å². The molecular weight excluding hydrogens is 476 g/mol. The van der Waals surface area contributed by atoms with Crippen LogP contribution < -0.4 is 4.90 Å². The lowest BCUT2D eigenvalue weighted by molar-refractivity contribution is -0.398. The van der Waals surface area contributed by atoms with E-state index in [0.717, 1.165) is 50.7 Å². The molecule has 1 aromatic heterocycles. The van der Waals surface area contributed by atoms with Crippen LogP contribution in [0.2, 0.25) is 0 Å². The van der Waals surface area contributed by atoms with E-state index in [-0.39, 0.29) is 5.41 Å². The first-order valence-electron chi connectivity index (χ1n) is 13.4. The van der Waals surface area contributed by atoms with Gasteiger partial charge in [-0.3, -0.25) is 9.32 Å². The van der Waals surface area contributed by atoms with Crippen LogP contribution in [-0.2, 0) is 5.41 Å². The molecule has 0 unspecified atom stereocenters. The number of hydrogen-bond donors (Lipinski definition) is 0. The Kier molecular flexibility index (Phi) is 5.18. The summed E-state index contributed by atoms with van der Waals surface area (Å²) in [5, 5.41) is 2.22. The predicted molar refractivity (Wildman–Crippen MR) is 162 cm³/mol. The van der Waals surface area contributed by atoms with E-state index in [1.807, 2.05) is 16.7 Å². The molecule has 0 saturated carbocycles. The van der Waals surface area contributed by atoms with Crippen LogP contribution in [0.1, 0.15) is 31.9 Å². The quantitative estimate of drug-likeness (QED) is 0.135. The minimum absolute atomic E-state index is 0.0235. The molecule has 6 aromatic rings. The first kappa shape index (κ1) is 23.4. The van der Waals surface area contributed by atoms with E-state index in [9.17, 15) is 0 Å². The topological polar surface area (TPSA) is 17.6 Å². The smallest absolute Gasteiger partial charge is 0.278 e. The van der Waals surface area contributed by atoms with Crippen molar-refractivity contribution in [2.75, 3.05) is 4.90 Å². The third-order valence-corrected chi connectivity index (χ3v) is 7.71. The van der Waals surface area contributed by atoms with Crippen LogP contribution >= 0.6 is 0 Å². The molecule has 0 amide bonds. The molecule has 5 aromatic carbocycles. The summed E-state index contributed by atoms with van der Waals surface area (Å²) in [6, 6.07) is 40.6. The van der Waals surface area contributed by atoms with Gasteiger partial charge in [-0.15, -0.1) is 30.3 Å². The fourth-order valence-electron chi connectivity index (χ4n) is 5.71. The first-order valence-corrected chi connectivity index (χ1v) is 13.4. The lowest BCUT2D eigenvalue weighted by atomic mass is 9.84. The van der Waals surface area contributed by atoms with Crippen molar-refractivity contribution in [3.63, 3.8) is 0 Å². The summed E-state index contributed by atoms with van der Waals surface area (Å²) in [6.45, 7) is 11.3. The molecule has 39 heavy (non-hydrogen) atoms. The zero-order chi connectivity index (χ0) is 26.7. The van der Waals surface area contributed by atoms with Crippen molar-refractivity contribution >= 4 is 45.7 Å². The zero-order valence-corrected chi connectivity index (χ0v) is 22.5. The Balaban J connectivity index is 1.51. The highest BCUT2D eigenvalue weighted by Crippen LogP contribution is 2.52. The molecule has 0 radical (unpaired) electrons. The second kappa shape index (κ2) is 8.64. The monoisotopic (exact) mass is 506 g/mol. The average Bonchev–Trinajstić information content (AvgIpc) is 3.48. The van der Waals surface area contributed by atoms with Crippen LogP contribution in [-0.4, -0.2) is 11.3 Å². The average molecular weight is 507 g/mol. The fraction of sp³-hybridized carbons (Fsp3) is 0.111. The van der Waals surface area contributed by atoms with Gasteiger partial charge in [0, 0.05) is 5.56 Å². The van der Waals surface area contributed by atoms with Crippen molar-refractivity contribution in [1.29, 1.82) is 0 Å². The van der Waals surface area contributed by atoms with E-state index in [1.165, 1.54) is 16.7 Å². The van der Waals surface area contributed by atoms with Gasteiger partial charge in [0.15, 0.2) is 5.69 Å². The third kappa shape index (κ3) is 3.65. The van der Waals surface area contributed by atoms with E-state index < -0.39 is 0 Å². The van der Waals surface area contributed by atoms with E-state index >= 15 is 0 Å². The molecule has 0 fully saturated rings. The largest absolute Gasteiger partial charge is 0.290 e. The Morgan fingerprint density at radius 3 is 2.36 bits per heavy atom. The number of para-hydroxylation sites is 4. The van der Waals surface area contributed by atoms with Crippen LogP contribution in [0.15, 0.2) is 120 Å². The summed E-state index contributed by atoms with van der Waals surface area (Å²) in [7, 11) is 0. The Bertz CT molecular complexity index is 1870. The SMILES string of the molecule is C=[N+]1c2ccccc2N(c2ccc(C(C)(C)C)cc2-c2ccccc2)[C-]1c1cccc2c1[o+][c-]1ccccc21. The third-order valence-electron chi connectivity index (χ3n) is 7.71. The highest BCUT2D eigenvalue weighted by Gasteiger charge is 2.41. The van der Waals surface area contributed by atoms with Gasteiger partial charge in [-0.1, -0.05) is 75.4 Å². The maximum Gasteiger partial charge on any atom is 0.278 e. The fourth-order valence-corrected chi connectivity index (χ4v) is 5.71. The second-order valence-electron chi connectivity index (χ2n) is 11.2. The molecule has 1 aliphatic heterocycles. The van der Waals surface area contributed by atoms with Crippen LogP contribution in [0.25, 0.3) is 33.1 Å². The van der Waals surface area contributed by atoms with Crippen molar-refractivity contribution in [3.8, 4) is 11.1 Å². The first-order chi connectivity index (χ1) is 18.9. The molecule has 2 heterocycles. The highest BCUT2D eigenvalue weighted by atomic mass is 16.3. The molecule has 0 N–H and O–H groups in total. The molecule has 0 saturated heterocycles.